The van der Waals surface area contributed by atoms with Gasteiger partial charge in [-0.2, -0.15) is 0 Å². The topological polar surface area (TPSA) is 14.2 Å². The number of nitrogens with zero attached hydrogens (tertiary/aromatic N) is 1. The van der Waals surface area contributed by atoms with Crippen LogP contribution in [0.4, 0.5) is 13.2 Å². The molecule has 0 spiro atoms. The SMILES string of the molecule is Cc1ccc2c(ccn2Cc2ccc(OC(F)(F)F)cc2)c1. The predicted octanol–water partition coefficient (Wildman–Crippen LogP) is 4.90. The van der Waals surface area contributed by atoms with Crippen LogP contribution in [0.3, 0.4) is 0 Å². The molecule has 114 valence electrons. The molecule has 0 aliphatic rings. The Hall–Kier alpha value is -2.43. The summed E-state index contributed by atoms with van der Waals surface area (Å²) in [4.78, 5) is 0. The van der Waals surface area contributed by atoms with Crippen LogP contribution in [0.1, 0.15) is 11.1 Å². The van der Waals surface area contributed by atoms with E-state index in [0.717, 1.165) is 16.5 Å². The lowest BCUT2D eigenvalue weighted by Crippen LogP contribution is -2.17. The molecule has 0 fully saturated rings. The monoisotopic (exact) mass is 305 g/mol. The van der Waals surface area contributed by atoms with Crippen molar-refractivity contribution in [3.05, 3.63) is 65.9 Å². The van der Waals surface area contributed by atoms with E-state index in [-0.39, 0.29) is 5.75 Å². The molecule has 3 rings (SSSR count). The van der Waals surface area contributed by atoms with Crippen LogP contribution in [-0.4, -0.2) is 10.9 Å². The summed E-state index contributed by atoms with van der Waals surface area (Å²) in [6.45, 7) is 2.63. The maximum absolute atomic E-state index is 12.1. The minimum Gasteiger partial charge on any atom is -0.406 e. The van der Waals surface area contributed by atoms with Gasteiger partial charge >= 0.3 is 6.36 Å². The number of aromatic nitrogens is 1. The molecule has 0 atom stereocenters. The summed E-state index contributed by atoms with van der Waals surface area (Å²) < 4.78 is 42.3. The quantitative estimate of drug-likeness (QED) is 0.671. The number of alkyl halides is 3. The Bertz CT molecular complexity index is 788. The maximum atomic E-state index is 12.1. The minimum absolute atomic E-state index is 0.204. The third-order valence-corrected chi connectivity index (χ3v) is 3.44. The van der Waals surface area contributed by atoms with Gasteiger partial charge in [0.25, 0.3) is 0 Å². The summed E-state index contributed by atoms with van der Waals surface area (Å²) in [5.41, 5.74) is 3.20. The zero-order valence-electron chi connectivity index (χ0n) is 11.9. The highest BCUT2D eigenvalue weighted by atomic mass is 19.4. The van der Waals surface area contributed by atoms with Crippen molar-refractivity contribution < 1.29 is 17.9 Å². The van der Waals surface area contributed by atoms with E-state index in [2.05, 4.69) is 15.4 Å². The van der Waals surface area contributed by atoms with E-state index in [4.69, 9.17) is 0 Å². The largest absolute Gasteiger partial charge is 0.573 e. The number of aryl methyl sites for hydroxylation is 1. The highest BCUT2D eigenvalue weighted by Gasteiger charge is 2.30. The second kappa shape index (κ2) is 5.40. The number of halogens is 3. The molecule has 5 heteroatoms. The van der Waals surface area contributed by atoms with E-state index in [1.54, 1.807) is 12.1 Å². The third kappa shape index (κ3) is 3.24. The molecule has 0 aliphatic carbocycles. The van der Waals surface area contributed by atoms with Crippen molar-refractivity contribution in [2.75, 3.05) is 0 Å². The Labute approximate surface area is 125 Å². The second-order valence-electron chi connectivity index (χ2n) is 5.20. The number of rotatable bonds is 3. The number of ether oxygens (including phenoxy) is 1. The lowest BCUT2D eigenvalue weighted by molar-refractivity contribution is -0.274. The Morgan fingerprint density at radius 2 is 1.73 bits per heavy atom. The summed E-state index contributed by atoms with van der Waals surface area (Å²) >= 11 is 0. The highest BCUT2D eigenvalue weighted by Crippen LogP contribution is 2.24. The molecular formula is C17H14F3NO. The lowest BCUT2D eigenvalue weighted by atomic mass is 10.2. The van der Waals surface area contributed by atoms with Gasteiger partial charge in [-0.05, 0) is 48.2 Å². The first-order valence-electron chi connectivity index (χ1n) is 6.81. The van der Waals surface area contributed by atoms with E-state index in [0.29, 0.717) is 6.54 Å². The van der Waals surface area contributed by atoms with Crippen molar-refractivity contribution in [3.8, 4) is 5.75 Å². The van der Waals surface area contributed by atoms with Gasteiger partial charge in [0.15, 0.2) is 0 Å². The number of hydrogen-bond acceptors (Lipinski definition) is 1. The fraction of sp³-hybridized carbons (Fsp3) is 0.176. The van der Waals surface area contributed by atoms with Gasteiger partial charge in [0.05, 0.1) is 0 Å². The summed E-state index contributed by atoms with van der Waals surface area (Å²) in [7, 11) is 0. The molecule has 1 heterocycles. The molecular weight excluding hydrogens is 291 g/mol. The van der Waals surface area contributed by atoms with Crippen LogP contribution in [0.25, 0.3) is 10.9 Å². The first kappa shape index (κ1) is 14.5. The highest BCUT2D eigenvalue weighted by molar-refractivity contribution is 5.80. The number of fused-ring (bicyclic) bond motifs is 1. The molecule has 0 bridgehead atoms. The minimum atomic E-state index is -4.66. The first-order valence-corrected chi connectivity index (χ1v) is 6.81. The van der Waals surface area contributed by atoms with Crippen LogP contribution in [0.2, 0.25) is 0 Å². The Morgan fingerprint density at radius 1 is 1.00 bits per heavy atom. The molecule has 0 saturated heterocycles. The van der Waals surface area contributed by atoms with Crippen LogP contribution in [0.15, 0.2) is 54.7 Å². The molecule has 0 N–H and O–H groups in total. The van der Waals surface area contributed by atoms with Gasteiger partial charge in [0.1, 0.15) is 5.75 Å². The van der Waals surface area contributed by atoms with Gasteiger partial charge in [-0.1, -0.05) is 23.8 Å². The van der Waals surface area contributed by atoms with Gasteiger partial charge in [0, 0.05) is 18.3 Å². The molecule has 1 aromatic heterocycles. The van der Waals surface area contributed by atoms with Crippen molar-refractivity contribution in [3.63, 3.8) is 0 Å². The summed E-state index contributed by atoms with van der Waals surface area (Å²) in [5, 5.41) is 1.15. The molecule has 0 unspecified atom stereocenters. The van der Waals surface area contributed by atoms with E-state index in [1.165, 1.54) is 17.7 Å². The smallest absolute Gasteiger partial charge is 0.406 e. The molecule has 0 amide bonds. The van der Waals surface area contributed by atoms with E-state index < -0.39 is 6.36 Å². The van der Waals surface area contributed by atoms with E-state index in [1.807, 2.05) is 31.3 Å². The lowest BCUT2D eigenvalue weighted by Gasteiger charge is -2.10. The van der Waals surface area contributed by atoms with E-state index in [9.17, 15) is 13.2 Å². The van der Waals surface area contributed by atoms with Gasteiger partial charge < -0.3 is 9.30 Å². The van der Waals surface area contributed by atoms with Gasteiger partial charge in [0.2, 0.25) is 0 Å². The zero-order valence-corrected chi connectivity index (χ0v) is 11.9. The molecule has 22 heavy (non-hydrogen) atoms. The zero-order chi connectivity index (χ0) is 15.7. The van der Waals surface area contributed by atoms with Crippen LogP contribution in [0.5, 0.6) is 5.75 Å². The average Bonchev–Trinajstić information content (AvgIpc) is 2.81. The second-order valence-corrected chi connectivity index (χ2v) is 5.20. The maximum Gasteiger partial charge on any atom is 0.573 e. The first-order chi connectivity index (χ1) is 10.4. The van der Waals surface area contributed by atoms with Crippen molar-refractivity contribution in [2.45, 2.75) is 19.8 Å². The van der Waals surface area contributed by atoms with Gasteiger partial charge in [-0.3, -0.25) is 0 Å². The van der Waals surface area contributed by atoms with Crippen molar-refractivity contribution in [2.24, 2.45) is 0 Å². The summed E-state index contributed by atoms with van der Waals surface area (Å²) in [5.74, 6) is -0.204. The fourth-order valence-electron chi connectivity index (χ4n) is 2.45. The Kier molecular flexibility index (Phi) is 3.56. The number of hydrogen-bond donors (Lipinski definition) is 0. The summed E-state index contributed by atoms with van der Waals surface area (Å²) in [6, 6.07) is 14.2. The van der Waals surface area contributed by atoms with Gasteiger partial charge in [-0.15, -0.1) is 13.2 Å². The molecule has 0 saturated carbocycles. The molecule has 3 aromatic rings. The Morgan fingerprint density at radius 3 is 2.41 bits per heavy atom. The summed E-state index contributed by atoms with van der Waals surface area (Å²) in [6.07, 6.45) is -2.68. The van der Waals surface area contributed by atoms with Crippen molar-refractivity contribution >= 4 is 10.9 Å². The van der Waals surface area contributed by atoms with Crippen molar-refractivity contribution in [1.82, 2.24) is 4.57 Å². The third-order valence-electron chi connectivity index (χ3n) is 3.44. The number of benzene rings is 2. The molecule has 2 aromatic carbocycles. The van der Waals surface area contributed by atoms with Crippen LogP contribution in [0, 0.1) is 6.92 Å². The molecule has 0 aliphatic heterocycles. The van der Waals surface area contributed by atoms with Crippen LogP contribution >= 0.6 is 0 Å². The fourth-order valence-corrected chi connectivity index (χ4v) is 2.45. The van der Waals surface area contributed by atoms with Crippen LogP contribution < -0.4 is 4.74 Å². The standard InChI is InChI=1S/C17H14F3NO/c1-12-2-7-16-14(10-12)8-9-21(16)11-13-3-5-15(6-4-13)22-17(18,19)20/h2-10H,11H2,1H3. The van der Waals surface area contributed by atoms with Crippen molar-refractivity contribution in [1.29, 1.82) is 0 Å². The van der Waals surface area contributed by atoms with Gasteiger partial charge in [-0.25, -0.2) is 0 Å². The Balaban J connectivity index is 1.80. The van der Waals surface area contributed by atoms with E-state index >= 15 is 0 Å². The average molecular weight is 305 g/mol. The predicted molar refractivity (Wildman–Crippen MR) is 78.9 cm³/mol. The molecule has 0 radical (unpaired) electrons. The van der Waals surface area contributed by atoms with Crippen LogP contribution in [-0.2, 0) is 6.54 Å². The molecule has 2 nitrogen and oxygen atoms in total. The normalized spacial score (nSPS) is 11.8.